The van der Waals surface area contributed by atoms with Gasteiger partial charge in [0.2, 0.25) is 0 Å². The standard InChI is InChI=1S/C14H16Cl2/c1-3-9(2)6-11-7-12(11)10-4-5-13(15)14(16)8-10/h4-6,8,11-12H,3,7H2,1-2H3/t11-,12+/m1/s1. The lowest BCUT2D eigenvalue weighted by Crippen LogP contribution is -1.83. The van der Waals surface area contributed by atoms with Crippen LogP contribution in [0.2, 0.25) is 10.0 Å². The van der Waals surface area contributed by atoms with Crippen molar-refractivity contribution in [1.29, 1.82) is 0 Å². The van der Waals surface area contributed by atoms with Gasteiger partial charge >= 0.3 is 0 Å². The average Bonchev–Trinajstić information content (AvgIpc) is 3.01. The van der Waals surface area contributed by atoms with Gasteiger partial charge in [0.25, 0.3) is 0 Å². The monoisotopic (exact) mass is 254 g/mol. The van der Waals surface area contributed by atoms with E-state index < -0.39 is 0 Å². The highest BCUT2D eigenvalue weighted by Crippen LogP contribution is 2.49. The van der Waals surface area contributed by atoms with Gasteiger partial charge in [0.15, 0.2) is 0 Å². The normalized spacial score (nSPS) is 24.6. The molecule has 0 bridgehead atoms. The van der Waals surface area contributed by atoms with E-state index in [1.807, 2.05) is 12.1 Å². The molecule has 2 heteroatoms. The first-order valence-corrected chi connectivity index (χ1v) is 6.49. The summed E-state index contributed by atoms with van der Waals surface area (Å²) in [7, 11) is 0. The Bertz CT molecular complexity index is 421. The van der Waals surface area contributed by atoms with E-state index in [-0.39, 0.29) is 0 Å². The molecule has 0 amide bonds. The summed E-state index contributed by atoms with van der Waals surface area (Å²) < 4.78 is 0. The van der Waals surface area contributed by atoms with Crippen molar-refractivity contribution in [3.8, 4) is 0 Å². The van der Waals surface area contributed by atoms with E-state index in [1.165, 1.54) is 17.6 Å². The van der Waals surface area contributed by atoms with Crippen LogP contribution in [0, 0.1) is 5.92 Å². The van der Waals surface area contributed by atoms with Gasteiger partial charge in [0, 0.05) is 0 Å². The van der Waals surface area contributed by atoms with Crippen LogP contribution in [0.1, 0.15) is 38.2 Å². The maximum Gasteiger partial charge on any atom is 0.0595 e. The molecule has 2 atom stereocenters. The predicted octanol–water partition coefficient (Wildman–Crippen LogP) is 5.45. The Hall–Kier alpha value is -0.460. The average molecular weight is 255 g/mol. The molecule has 0 saturated heterocycles. The number of hydrogen-bond donors (Lipinski definition) is 0. The fourth-order valence-electron chi connectivity index (χ4n) is 2.01. The second-order valence-electron chi connectivity index (χ2n) is 4.55. The van der Waals surface area contributed by atoms with Crippen molar-refractivity contribution >= 4 is 23.2 Å². The van der Waals surface area contributed by atoms with Crippen LogP contribution in [-0.4, -0.2) is 0 Å². The van der Waals surface area contributed by atoms with E-state index in [0.717, 1.165) is 6.42 Å². The first-order chi connectivity index (χ1) is 7.61. The molecular formula is C14H16Cl2. The number of halogens is 2. The molecule has 0 N–H and O–H groups in total. The third-order valence-corrected chi connectivity index (χ3v) is 4.01. The lowest BCUT2D eigenvalue weighted by atomic mass is 10.1. The molecule has 0 heterocycles. The topological polar surface area (TPSA) is 0 Å². The van der Waals surface area contributed by atoms with Crippen LogP contribution < -0.4 is 0 Å². The summed E-state index contributed by atoms with van der Waals surface area (Å²) >= 11 is 11.9. The maximum absolute atomic E-state index is 6.02. The molecule has 16 heavy (non-hydrogen) atoms. The van der Waals surface area contributed by atoms with Crippen molar-refractivity contribution in [3.05, 3.63) is 45.5 Å². The zero-order chi connectivity index (χ0) is 11.7. The third kappa shape index (κ3) is 2.61. The molecule has 2 rings (SSSR count). The van der Waals surface area contributed by atoms with Crippen molar-refractivity contribution in [2.45, 2.75) is 32.6 Å². The molecule has 1 aromatic rings. The molecule has 1 aliphatic carbocycles. The van der Waals surface area contributed by atoms with Gasteiger partial charge in [-0.05, 0) is 49.3 Å². The molecule has 0 radical (unpaired) electrons. The number of allylic oxidation sites excluding steroid dienone is 2. The van der Waals surface area contributed by atoms with Gasteiger partial charge < -0.3 is 0 Å². The molecule has 0 unspecified atom stereocenters. The van der Waals surface area contributed by atoms with Gasteiger partial charge in [0.05, 0.1) is 10.0 Å². The molecule has 0 aliphatic heterocycles. The van der Waals surface area contributed by atoms with E-state index in [1.54, 1.807) is 0 Å². The summed E-state index contributed by atoms with van der Waals surface area (Å²) in [6.07, 6.45) is 4.78. The van der Waals surface area contributed by atoms with E-state index in [4.69, 9.17) is 23.2 Å². The van der Waals surface area contributed by atoms with Crippen molar-refractivity contribution in [2.75, 3.05) is 0 Å². The van der Waals surface area contributed by atoms with E-state index in [9.17, 15) is 0 Å². The highest BCUT2D eigenvalue weighted by molar-refractivity contribution is 6.42. The quantitative estimate of drug-likeness (QED) is 0.629. The van der Waals surface area contributed by atoms with Crippen LogP contribution in [0.25, 0.3) is 0 Å². The van der Waals surface area contributed by atoms with Crippen molar-refractivity contribution in [1.82, 2.24) is 0 Å². The molecule has 0 spiro atoms. The van der Waals surface area contributed by atoms with Crippen LogP contribution in [0.3, 0.4) is 0 Å². The Labute approximate surface area is 107 Å². The minimum Gasteiger partial charge on any atom is -0.0827 e. The second kappa shape index (κ2) is 4.81. The van der Waals surface area contributed by atoms with Crippen LogP contribution in [0.4, 0.5) is 0 Å². The Morgan fingerprint density at radius 3 is 2.75 bits per heavy atom. The molecule has 0 nitrogen and oxygen atoms in total. The summed E-state index contributed by atoms with van der Waals surface area (Å²) in [4.78, 5) is 0. The lowest BCUT2D eigenvalue weighted by Gasteiger charge is -2.01. The Morgan fingerprint density at radius 2 is 2.12 bits per heavy atom. The van der Waals surface area contributed by atoms with E-state index in [2.05, 4.69) is 26.0 Å². The Balaban J connectivity index is 2.09. The van der Waals surface area contributed by atoms with Crippen molar-refractivity contribution in [3.63, 3.8) is 0 Å². The summed E-state index contributed by atoms with van der Waals surface area (Å²) in [6.45, 7) is 4.40. The minimum atomic E-state index is 0.642. The zero-order valence-electron chi connectivity index (χ0n) is 9.63. The molecule has 1 aliphatic rings. The molecule has 0 aromatic heterocycles. The van der Waals surface area contributed by atoms with Crippen LogP contribution in [-0.2, 0) is 0 Å². The molecule has 1 fully saturated rings. The van der Waals surface area contributed by atoms with Crippen LogP contribution in [0.5, 0.6) is 0 Å². The van der Waals surface area contributed by atoms with Gasteiger partial charge in [-0.1, -0.05) is 47.8 Å². The largest absolute Gasteiger partial charge is 0.0827 e. The number of benzene rings is 1. The summed E-state index contributed by atoms with van der Waals surface area (Å²) in [5.41, 5.74) is 2.80. The Morgan fingerprint density at radius 1 is 1.38 bits per heavy atom. The first kappa shape index (κ1) is 12.0. The van der Waals surface area contributed by atoms with Crippen molar-refractivity contribution in [2.24, 2.45) is 5.92 Å². The fourth-order valence-corrected chi connectivity index (χ4v) is 2.31. The molecule has 86 valence electrons. The highest BCUT2D eigenvalue weighted by Gasteiger charge is 2.36. The van der Waals surface area contributed by atoms with E-state index >= 15 is 0 Å². The number of hydrogen-bond acceptors (Lipinski definition) is 0. The summed E-state index contributed by atoms with van der Waals surface area (Å²) in [5, 5.41) is 1.31. The third-order valence-electron chi connectivity index (χ3n) is 3.27. The molecular weight excluding hydrogens is 239 g/mol. The van der Waals surface area contributed by atoms with Crippen LogP contribution in [0.15, 0.2) is 29.8 Å². The van der Waals surface area contributed by atoms with Crippen molar-refractivity contribution < 1.29 is 0 Å². The summed E-state index contributed by atoms with van der Waals surface area (Å²) in [6, 6.07) is 5.99. The highest BCUT2D eigenvalue weighted by atomic mass is 35.5. The fraction of sp³-hybridized carbons (Fsp3) is 0.429. The predicted molar refractivity (Wildman–Crippen MR) is 71.4 cm³/mol. The minimum absolute atomic E-state index is 0.642. The molecule has 1 saturated carbocycles. The van der Waals surface area contributed by atoms with Gasteiger partial charge in [-0.3, -0.25) is 0 Å². The summed E-state index contributed by atoms with van der Waals surface area (Å²) in [5.74, 6) is 1.36. The van der Waals surface area contributed by atoms with Gasteiger partial charge in [-0.15, -0.1) is 0 Å². The van der Waals surface area contributed by atoms with E-state index in [0.29, 0.717) is 21.9 Å². The molecule has 1 aromatic carbocycles. The smallest absolute Gasteiger partial charge is 0.0595 e. The lowest BCUT2D eigenvalue weighted by molar-refractivity contribution is 0.970. The van der Waals surface area contributed by atoms with Gasteiger partial charge in [-0.2, -0.15) is 0 Å². The second-order valence-corrected chi connectivity index (χ2v) is 5.36. The zero-order valence-corrected chi connectivity index (χ0v) is 11.1. The SMILES string of the molecule is CCC(C)=C[C@@H]1C[C@H]1c1ccc(Cl)c(Cl)c1. The van der Waals surface area contributed by atoms with Gasteiger partial charge in [-0.25, -0.2) is 0 Å². The maximum atomic E-state index is 6.02. The first-order valence-electron chi connectivity index (χ1n) is 5.74. The Kier molecular flexibility index (Phi) is 3.61. The van der Waals surface area contributed by atoms with Crippen LogP contribution >= 0.6 is 23.2 Å². The number of rotatable bonds is 3. The van der Waals surface area contributed by atoms with Gasteiger partial charge in [0.1, 0.15) is 0 Å².